The van der Waals surface area contributed by atoms with Crippen molar-refractivity contribution in [1.29, 1.82) is 0 Å². The molecule has 0 radical (unpaired) electrons. The molecule has 0 saturated carbocycles. The summed E-state index contributed by atoms with van der Waals surface area (Å²) in [7, 11) is 0. The number of anilines is 1. The van der Waals surface area contributed by atoms with Crippen LogP contribution in [0.4, 0.5) is 18.9 Å². The Morgan fingerprint density at radius 2 is 1.97 bits per heavy atom. The number of hydrogen-bond donors (Lipinski definition) is 0. The van der Waals surface area contributed by atoms with Crippen LogP contribution in [-0.2, 0) is 21.9 Å². The Hall–Kier alpha value is -2.54. The molecule has 2 aromatic rings. The van der Waals surface area contributed by atoms with Gasteiger partial charge in [-0.2, -0.15) is 8.78 Å². The minimum Gasteiger partial charge on any atom is -0.340 e. The first-order chi connectivity index (χ1) is 13.8. The van der Waals surface area contributed by atoms with Gasteiger partial charge >= 0.3 is 11.8 Å². The van der Waals surface area contributed by atoms with Gasteiger partial charge < -0.3 is 9.80 Å². The van der Waals surface area contributed by atoms with Crippen molar-refractivity contribution in [3.05, 3.63) is 64.4 Å². The summed E-state index contributed by atoms with van der Waals surface area (Å²) in [5.74, 6) is -5.61. The van der Waals surface area contributed by atoms with E-state index in [2.05, 4.69) is 0 Å². The van der Waals surface area contributed by atoms with Crippen molar-refractivity contribution in [2.45, 2.75) is 31.2 Å². The normalized spacial score (nSPS) is 20.7. The summed E-state index contributed by atoms with van der Waals surface area (Å²) in [5.41, 5.74) is 0.331. The summed E-state index contributed by atoms with van der Waals surface area (Å²) in [6.07, 6.45) is 1.05. The molecular weight excluding hydrogens is 405 g/mol. The monoisotopic (exact) mass is 422 g/mol. The third-order valence-electron chi connectivity index (χ3n) is 5.38. The zero-order valence-electron chi connectivity index (χ0n) is 15.4. The van der Waals surface area contributed by atoms with Crippen LogP contribution in [-0.4, -0.2) is 35.8 Å². The molecule has 1 fully saturated rings. The van der Waals surface area contributed by atoms with E-state index in [-0.39, 0.29) is 35.1 Å². The van der Waals surface area contributed by atoms with E-state index in [9.17, 15) is 22.8 Å². The fourth-order valence-corrected chi connectivity index (χ4v) is 4.32. The van der Waals surface area contributed by atoms with Gasteiger partial charge in [-0.05, 0) is 42.7 Å². The fraction of sp³-hybridized carbons (Fsp3) is 0.333. The molecule has 29 heavy (non-hydrogen) atoms. The molecule has 0 N–H and O–H groups in total. The van der Waals surface area contributed by atoms with Crippen LogP contribution >= 0.6 is 11.6 Å². The van der Waals surface area contributed by atoms with Gasteiger partial charge in [0.2, 0.25) is 5.91 Å². The molecule has 4 nitrogen and oxygen atoms in total. The van der Waals surface area contributed by atoms with Crippen LogP contribution in [0.3, 0.4) is 0 Å². The van der Waals surface area contributed by atoms with Gasteiger partial charge in [0, 0.05) is 18.1 Å². The third kappa shape index (κ3) is 3.59. The van der Waals surface area contributed by atoms with Gasteiger partial charge in [0.1, 0.15) is 5.82 Å². The number of carbonyl (C=O) groups excluding carboxylic acids is 2. The minimum absolute atomic E-state index is 0.0507. The van der Waals surface area contributed by atoms with Gasteiger partial charge in [0.15, 0.2) is 0 Å². The molecule has 0 aromatic heterocycles. The summed E-state index contributed by atoms with van der Waals surface area (Å²) in [6.45, 7) is 0.608. The number of para-hydroxylation sites is 1. The van der Waals surface area contributed by atoms with Crippen LogP contribution in [0.1, 0.15) is 24.0 Å². The van der Waals surface area contributed by atoms with Gasteiger partial charge in [-0.3, -0.25) is 9.59 Å². The van der Waals surface area contributed by atoms with Crippen LogP contribution in [0, 0.1) is 5.82 Å². The number of hydrogen-bond acceptors (Lipinski definition) is 2. The molecule has 4 rings (SSSR count). The predicted molar refractivity (Wildman–Crippen MR) is 103 cm³/mol. The summed E-state index contributed by atoms with van der Waals surface area (Å²) in [6, 6.07) is 9.23. The maximum absolute atomic E-state index is 14.4. The van der Waals surface area contributed by atoms with Crippen LogP contribution in [0.5, 0.6) is 0 Å². The lowest BCUT2D eigenvalue weighted by molar-refractivity contribution is -0.143. The molecular formula is C21H18ClF3N2O2. The van der Waals surface area contributed by atoms with Crippen LogP contribution in [0.2, 0.25) is 5.02 Å². The number of benzene rings is 2. The standard InChI is InChI=1S/C21H18ClF3N2O2/c22-14-8-13(9-15(23)11-14)10-19(28)26-7-3-4-16(12-26)27-18-6-2-1-5-17(18)21(24,25)20(27)29/h1-2,5-6,8-9,11,16H,3-4,7,10,12H2/t16-/m0/s1. The number of nitrogens with zero attached hydrogens (tertiary/aromatic N) is 2. The maximum Gasteiger partial charge on any atom is 0.352 e. The highest BCUT2D eigenvalue weighted by molar-refractivity contribution is 6.30. The van der Waals surface area contributed by atoms with E-state index in [0.717, 1.165) is 11.0 Å². The second kappa shape index (κ2) is 7.37. The molecule has 1 atom stereocenters. The lowest BCUT2D eigenvalue weighted by Crippen LogP contribution is -2.52. The second-order valence-corrected chi connectivity index (χ2v) is 7.79. The number of carbonyl (C=O) groups is 2. The van der Waals surface area contributed by atoms with Gasteiger partial charge in [-0.25, -0.2) is 4.39 Å². The lowest BCUT2D eigenvalue weighted by Gasteiger charge is -2.38. The Morgan fingerprint density at radius 1 is 1.21 bits per heavy atom. The number of amides is 2. The molecule has 152 valence electrons. The first-order valence-electron chi connectivity index (χ1n) is 9.31. The number of fused-ring (bicyclic) bond motifs is 1. The smallest absolute Gasteiger partial charge is 0.340 e. The second-order valence-electron chi connectivity index (χ2n) is 7.36. The van der Waals surface area contributed by atoms with E-state index in [1.54, 1.807) is 11.0 Å². The molecule has 2 amide bonds. The fourth-order valence-electron chi connectivity index (χ4n) is 4.08. The zero-order chi connectivity index (χ0) is 20.8. The highest BCUT2D eigenvalue weighted by Crippen LogP contribution is 2.45. The van der Waals surface area contributed by atoms with E-state index >= 15 is 0 Å². The first-order valence-corrected chi connectivity index (χ1v) is 9.69. The van der Waals surface area contributed by atoms with E-state index in [1.807, 2.05) is 0 Å². The molecule has 8 heteroatoms. The van der Waals surface area contributed by atoms with Crippen molar-refractivity contribution in [2.75, 3.05) is 18.0 Å². The Kier molecular flexibility index (Phi) is 5.02. The molecule has 0 unspecified atom stereocenters. The number of likely N-dealkylation sites (tertiary alicyclic amines) is 1. The molecule has 0 spiro atoms. The summed E-state index contributed by atoms with van der Waals surface area (Å²) in [5, 5.41) is 0.200. The third-order valence-corrected chi connectivity index (χ3v) is 5.60. The highest BCUT2D eigenvalue weighted by Gasteiger charge is 2.54. The predicted octanol–water partition coefficient (Wildman–Crippen LogP) is 4.15. The van der Waals surface area contributed by atoms with Crippen molar-refractivity contribution >= 4 is 29.1 Å². The zero-order valence-corrected chi connectivity index (χ0v) is 16.1. The molecule has 0 aliphatic carbocycles. The maximum atomic E-state index is 14.4. The van der Waals surface area contributed by atoms with Gasteiger partial charge in [-0.1, -0.05) is 29.8 Å². The van der Waals surface area contributed by atoms with Gasteiger partial charge in [0.05, 0.1) is 23.7 Å². The number of halogens is 4. The number of rotatable bonds is 3. The van der Waals surface area contributed by atoms with Crippen LogP contribution in [0.25, 0.3) is 0 Å². The van der Waals surface area contributed by atoms with Gasteiger partial charge in [-0.15, -0.1) is 0 Å². The Morgan fingerprint density at radius 3 is 2.72 bits per heavy atom. The van der Waals surface area contributed by atoms with Crippen LogP contribution in [0.15, 0.2) is 42.5 Å². The first kappa shape index (κ1) is 19.8. The molecule has 2 heterocycles. The topological polar surface area (TPSA) is 40.6 Å². The van der Waals surface area contributed by atoms with E-state index in [4.69, 9.17) is 11.6 Å². The number of piperidine rings is 1. The van der Waals surface area contributed by atoms with Crippen molar-refractivity contribution in [1.82, 2.24) is 4.90 Å². The highest BCUT2D eigenvalue weighted by atomic mass is 35.5. The molecule has 2 aliphatic heterocycles. The van der Waals surface area contributed by atoms with E-state index in [0.29, 0.717) is 24.9 Å². The van der Waals surface area contributed by atoms with Gasteiger partial charge in [0.25, 0.3) is 0 Å². The van der Waals surface area contributed by atoms with Crippen molar-refractivity contribution in [3.8, 4) is 0 Å². The van der Waals surface area contributed by atoms with Crippen molar-refractivity contribution in [3.63, 3.8) is 0 Å². The quantitative estimate of drug-likeness (QED) is 0.745. The number of alkyl halides is 2. The lowest BCUT2D eigenvalue weighted by atomic mass is 10.0. The molecule has 0 bridgehead atoms. The average Bonchev–Trinajstić information content (AvgIpc) is 2.87. The summed E-state index contributed by atoms with van der Waals surface area (Å²) in [4.78, 5) is 27.8. The Bertz CT molecular complexity index is 962. The largest absolute Gasteiger partial charge is 0.352 e. The Balaban J connectivity index is 1.53. The van der Waals surface area contributed by atoms with Crippen LogP contribution < -0.4 is 4.90 Å². The van der Waals surface area contributed by atoms with E-state index < -0.39 is 23.7 Å². The summed E-state index contributed by atoms with van der Waals surface area (Å²) >= 11 is 5.84. The molecule has 1 saturated heterocycles. The average molecular weight is 423 g/mol. The van der Waals surface area contributed by atoms with E-state index in [1.165, 1.54) is 30.3 Å². The minimum atomic E-state index is -3.57. The summed E-state index contributed by atoms with van der Waals surface area (Å²) < 4.78 is 42.4. The molecule has 2 aromatic carbocycles. The SMILES string of the molecule is O=C(Cc1cc(F)cc(Cl)c1)N1CCC[C@H](N2C(=O)C(F)(F)c3ccccc32)C1. The molecule has 2 aliphatic rings. The van der Waals surface area contributed by atoms with Crippen molar-refractivity contribution < 1.29 is 22.8 Å². The Labute approximate surface area is 170 Å². The van der Waals surface area contributed by atoms with Crippen molar-refractivity contribution in [2.24, 2.45) is 0 Å².